The van der Waals surface area contributed by atoms with E-state index in [1.807, 2.05) is 14.0 Å². The van der Waals surface area contributed by atoms with E-state index in [0.29, 0.717) is 25.7 Å². The lowest BCUT2D eigenvalue weighted by atomic mass is 10.1. The van der Waals surface area contributed by atoms with Crippen LogP contribution in [0, 0.1) is 0 Å². The van der Waals surface area contributed by atoms with Crippen LogP contribution in [0.4, 0.5) is 0 Å². The van der Waals surface area contributed by atoms with Crippen LogP contribution in [0.1, 0.15) is 39.0 Å². The van der Waals surface area contributed by atoms with E-state index >= 15 is 0 Å². The molecule has 0 saturated carbocycles. The number of likely N-dealkylation sites (N-methyl/N-ethyl adjacent to an activating group) is 1. The number of piperidine rings is 2. The smallest absolute Gasteiger partial charge is 0.282 e. The Morgan fingerprint density at radius 2 is 1.84 bits per heavy atom. The number of hydrogen-bond donors (Lipinski definition) is 1. The molecule has 0 aromatic rings. The summed E-state index contributed by atoms with van der Waals surface area (Å²) in [4.78, 5) is 0. The van der Waals surface area contributed by atoms with Gasteiger partial charge < -0.3 is 5.32 Å². The van der Waals surface area contributed by atoms with Crippen molar-refractivity contribution in [1.82, 2.24) is 13.9 Å². The summed E-state index contributed by atoms with van der Waals surface area (Å²) in [6, 6.07) is 0.451. The normalized spacial score (nSPS) is 30.8. The molecular weight excluding hydrogens is 286 g/mol. The molecule has 0 radical (unpaired) electrons. The largest absolute Gasteiger partial charge is 0.316 e. The van der Waals surface area contributed by atoms with Crippen LogP contribution in [0.15, 0.2) is 0 Å². The first-order valence-electron chi connectivity index (χ1n) is 7.00. The van der Waals surface area contributed by atoms with Gasteiger partial charge in [0.1, 0.15) is 0 Å². The molecule has 2 heterocycles. The highest BCUT2D eigenvalue weighted by Crippen LogP contribution is 2.24. The van der Waals surface area contributed by atoms with Crippen molar-refractivity contribution in [1.29, 1.82) is 0 Å². The van der Waals surface area contributed by atoms with E-state index in [-0.39, 0.29) is 18.4 Å². The van der Waals surface area contributed by atoms with E-state index in [2.05, 4.69) is 5.32 Å². The average Bonchev–Trinajstić information content (AvgIpc) is 2.39. The van der Waals surface area contributed by atoms with Gasteiger partial charge in [-0.1, -0.05) is 6.42 Å². The minimum Gasteiger partial charge on any atom is -0.316 e. The second-order valence-corrected chi connectivity index (χ2v) is 7.33. The van der Waals surface area contributed by atoms with E-state index in [1.54, 1.807) is 8.61 Å². The molecule has 2 saturated heterocycles. The maximum absolute atomic E-state index is 12.6. The van der Waals surface area contributed by atoms with E-state index in [4.69, 9.17) is 0 Å². The molecule has 0 aliphatic carbocycles. The summed E-state index contributed by atoms with van der Waals surface area (Å²) < 4.78 is 28.6. The van der Waals surface area contributed by atoms with Crippen LogP contribution >= 0.6 is 12.4 Å². The lowest BCUT2D eigenvalue weighted by Gasteiger charge is -2.39. The van der Waals surface area contributed by atoms with Gasteiger partial charge in [0.2, 0.25) is 0 Å². The molecule has 0 bridgehead atoms. The van der Waals surface area contributed by atoms with Gasteiger partial charge in [-0.05, 0) is 39.7 Å². The molecule has 114 valence electrons. The van der Waals surface area contributed by atoms with Crippen LogP contribution in [0.5, 0.6) is 0 Å². The fourth-order valence-electron chi connectivity index (χ4n) is 2.95. The molecule has 2 rings (SSSR count). The average molecular weight is 312 g/mol. The molecule has 0 amide bonds. The fourth-order valence-corrected chi connectivity index (χ4v) is 4.90. The topological polar surface area (TPSA) is 52.7 Å². The monoisotopic (exact) mass is 311 g/mol. The van der Waals surface area contributed by atoms with Crippen molar-refractivity contribution in [3.05, 3.63) is 0 Å². The second kappa shape index (κ2) is 7.22. The SMILES string of the molecule is CNC1CCCN(S(=O)(=O)N2CCCCC2C)C1.Cl. The summed E-state index contributed by atoms with van der Waals surface area (Å²) in [6.07, 6.45) is 5.15. The van der Waals surface area contributed by atoms with E-state index < -0.39 is 10.2 Å². The highest BCUT2D eigenvalue weighted by Gasteiger charge is 2.36. The van der Waals surface area contributed by atoms with Gasteiger partial charge in [0.05, 0.1) is 0 Å². The van der Waals surface area contributed by atoms with Crippen LogP contribution in [-0.4, -0.2) is 55.8 Å². The predicted molar refractivity (Wildman–Crippen MR) is 79.8 cm³/mol. The Morgan fingerprint density at radius 1 is 1.11 bits per heavy atom. The third-order valence-corrected chi connectivity index (χ3v) is 6.28. The van der Waals surface area contributed by atoms with Crippen molar-refractivity contribution in [2.75, 3.05) is 26.7 Å². The summed E-state index contributed by atoms with van der Waals surface area (Å²) in [6.45, 7) is 3.99. The third kappa shape index (κ3) is 3.82. The third-order valence-electron chi connectivity index (χ3n) is 4.16. The van der Waals surface area contributed by atoms with Crippen molar-refractivity contribution in [3.63, 3.8) is 0 Å². The molecule has 2 fully saturated rings. The minimum atomic E-state index is -3.25. The van der Waals surface area contributed by atoms with Gasteiger partial charge in [0.25, 0.3) is 10.2 Å². The van der Waals surface area contributed by atoms with E-state index in [1.165, 1.54) is 0 Å². The van der Waals surface area contributed by atoms with Crippen molar-refractivity contribution >= 4 is 22.6 Å². The van der Waals surface area contributed by atoms with E-state index in [0.717, 1.165) is 32.1 Å². The Balaban J connectivity index is 0.00000180. The summed E-state index contributed by atoms with van der Waals surface area (Å²) >= 11 is 0. The van der Waals surface area contributed by atoms with Gasteiger partial charge in [-0.15, -0.1) is 12.4 Å². The van der Waals surface area contributed by atoms with Gasteiger partial charge in [-0.2, -0.15) is 17.0 Å². The number of nitrogens with one attached hydrogen (secondary N) is 1. The maximum Gasteiger partial charge on any atom is 0.282 e. The van der Waals surface area contributed by atoms with Crippen molar-refractivity contribution in [2.24, 2.45) is 0 Å². The number of rotatable bonds is 3. The van der Waals surface area contributed by atoms with Crippen LogP contribution in [0.25, 0.3) is 0 Å². The fraction of sp³-hybridized carbons (Fsp3) is 1.00. The Kier molecular flexibility index (Phi) is 6.53. The molecule has 0 spiro atoms. The quantitative estimate of drug-likeness (QED) is 0.852. The summed E-state index contributed by atoms with van der Waals surface area (Å²) in [5, 5.41) is 3.20. The minimum absolute atomic E-state index is 0. The first-order valence-corrected chi connectivity index (χ1v) is 8.39. The summed E-state index contributed by atoms with van der Waals surface area (Å²) in [7, 11) is -1.34. The van der Waals surface area contributed by atoms with Gasteiger partial charge in [0.15, 0.2) is 0 Å². The molecule has 2 aliphatic rings. The van der Waals surface area contributed by atoms with Crippen molar-refractivity contribution < 1.29 is 8.42 Å². The zero-order valence-corrected chi connectivity index (χ0v) is 13.5. The van der Waals surface area contributed by atoms with Crippen LogP contribution < -0.4 is 5.32 Å². The van der Waals surface area contributed by atoms with Crippen LogP contribution in [0.3, 0.4) is 0 Å². The molecule has 1 N–H and O–H groups in total. The molecular formula is C12H26ClN3O2S. The predicted octanol–water partition coefficient (Wildman–Crippen LogP) is 1.21. The maximum atomic E-state index is 12.6. The van der Waals surface area contributed by atoms with Crippen LogP contribution in [0.2, 0.25) is 0 Å². The Hall–Kier alpha value is 0.120. The van der Waals surface area contributed by atoms with Gasteiger partial charge >= 0.3 is 0 Å². The highest BCUT2D eigenvalue weighted by atomic mass is 35.5. The lowest BCUT2D eigenvalue weighted by molar-refractivity contribution is 0.224. The molecule has 19 heavy (non-hydrogen) atoms. The zero-order valence-electron chi connectivity index (χ0n) is 11.8. The lowest BCUT2D eigenvalue weighted by Crippen LogP contribution is -2.54. The number of hydrogen-bond acceptors (Lipinski definition) is 3. The van der Waals surface area contributed by atoms with Gasteiger partial charge in [-0.25, -0.2) is 0 Å². The summed E-state index contributed by atoms with van der Waals surface area (Å²) in [5.74, 6) is 0. The highest BCUT2D eigenvalue weighted by molar-refractivity contribution is 7.86. The number of nitrogens with zero attached hydrogens (tertiary/aromatic N) is 2. The zero-order chi connectivity index (χ0) is 13.2. The molecule has 0 aromatic carbocycles. The Bertz CT molecular complexity index is 377. The Labute approximate surface area is 123 Å². The molecule has 2 unspecified atom stereocenters. The molecule has 2 atom stereocenters. The van der Waals surface area contributed by atoms with Crippen molar-refractivity contribution in [3.8, 4) is 0 Å². The van der Waals surface area contributed by atoms with Crippen molar-refractivity contribution in [2.45, 2.75) is 51.1 Å². The number of halogens is 1. The molecule has 0 aromatic heterocycles. The van der Waals surface area contributed by atoms with E-state index in [9.17, 15) is 8.42 Å². The molecule has 5 nitrogen and oxygen atoms in total. The summed E-state index contributed by atoms with van der Waals surface area (Å²) in [5.41, 5.74) is 0. The first kappa shape index (κ1) is 17.2. The Morgan fingerprint density at radius 3 is 2.47 bits per heavy atom. The standard InChI is InChI=1S/C12H25N3O2S.ClH/c1-11-6-3-4-9-15(11)18(16,17)14-8-5-7-12(10-14)13-2;/h11-13H,3-10H2,1-2H3;1H. The van der Waals surface area contributed by atoms with Crippen LogP contribution in [-0.2, 0) is 10.2 Å². The van der Waals surface area contributed by atoms with Gasteiger partial charge in [0, 0.05) is 31.7 Å². The first-order chi connectivity index (χ1) is 8.55. The second-order valence-electron chi connectivity index (χ2n) is 5.45. The molecule has 2 aliphatic heterocycles. The van der Waals surface area contributed by atoms with Gasteiger partial charge in [-0.3, -0.25) is 0 Å². The molecule has 7 heteroatoms.